The minimum atomic E-state index is -3.22. The van der Waals surface area contributed by atoms with Crippen molar-refractivity contribution in [3.63, 3.8) is 0 Å². The van der Waals surface area contributed by atoms with Gasteiger partial charge in [0, 0.05) is 12.6 Å². The first-order valence-electron chi connectivity index (χ1n) is 7.89. The summed E-state index contributed by atoms with van der Waals surface area (Å²) in [6.07, 6.45) is 4.33. The Morgan fingerprint density at radius 3 is 2.58 bits per heavy atom. The zero-order chi connectivity index (χ0) is 16.9. The van der Waals surface area contributed by atoms with Crippen LogP contribution in [0.4, 0.5) is 0 Å². The van der Waals surface area contributed by atoms with Gasteiger partial charge in [0.25, 0.3) is 0 Å². The maximum Gasteiger partial charge on any atom is 0.237 e. The second-order valence-corrected chi connectivity index (χ2v) is 8.01. The van der Waals surface area contributed by atoms with Crippen molar-refractivity contribution >= 4 is 28.3 Å². The second kappa shape index (κ2) is 9.36. The highest BCUT2D eigenvalue weighted by atomic mass is 35.5. The van der Waals surface area contributed by atoms with Crippen LogP contribution in [0.25, 0.3) is 0 Å². The van der Waals surface area contributed by atoms with Crippen LogP contribution in [0.1, 0.15) is 24.8 Å². The van der Waals surface area contributed by atoms with Gasteiger partial charge in [-0.15, -0.1) is 12.4 Å². The fourth-order valence-electron chi connectivity index (χ4n) is 3.03. The van der Waals surface area contributed by atoms with Crippen molar-refractivity contribution in [2.75, 3.05) is 12.8 Å². The third-order valence-electron chi connectivity index (χ3n) is 4.20. The van der Waals surface area contributed by atoms with E-state index in [9.17, 15) is 13.2 Å². The predicted octanol–water partition coefficient (Wildman–Crippen LogP) is 0.812. The fourth-order valence-corrected chi connectivity index (χ4v) is 3.90. The molecule has 0 aliphatic heterocycles. The first kappa shape index (κ1) is 20.9. The van der Waals surface area contributed by atoms with Gasteiger partial charge in [-0.05, 0) is 30.7 Å². The number of hydrogen-bond acceptors (Lipinski definition) is 4. The highest BCUT2D eigenvalue weighted by Gasteiger charge is 2.30. The van der Waals surface area contributed by atoms with Gasteiger partial charge in [0.05, 0.1) is 12.3 Å². The molecule has 1 aromatic carbocycles. The van der Waals surface area contributed by atoms with E-state index < -0.39 is 16.1 Å². The van der Waals surface area contributed by atoms with Crippen LogP contribution in [0.2, 0.25) is 0 Å². The van der Waals surface area contributed by atoms with Gasteiger partial charge in [0.1, 0.15) is 0 Å². The maximum atomic E-state index is 12.1. The van der Waals surface area contributed by atoms with E-state index >= 15 is 0 Å². The van der Waals surface area contributed by atoms with E-state index in [0.717, 1.165) is 31.1 Å². The molecule has 3 atom stereocenters. The SMILES string of the molecule is CS(=O)(=O)NC1CCCC1CNC(=O)[C@@H](N)Cc1ccccc1.Cl. The number of halogens is 1. The summed E-state index contributed by atoms with van der Waals surface area (Å²) in [5, 5.41) is 2.86. The zero-order valence-electron chi connectivity index (χ0n) is 13.8. The largest absolute Gasteiger partial charge is 0.354 e. The summed E-state index contributed by atoms with van der Waals surface area (Å²) in [7, 11) is -3.22. The van der Waals surface area contributed by atoms with Crippen LogP contribution in [0.15, 0.2) is 30.3 Å². The summed E-state index contributed by atoms with van der Waals surface area (Å²) in [5.41, 5.74) is 6.97. The van der Waals surface area contributed by atoms with Crippen LogP contribution in [0.5, 0.6) is 0 Å². The molecule has 6 nitrogen and oxygen atoms in total. The summed E-state index contributed by atoms with van der Waals surface area (Å²) < 4.78 is 25.4. The van der Waals surface area contributed by atoms with E-state index in [2.05, 4.69) is 10.0 Å². The van der Waals surface area contributed by atoms with E-state index in [4.69, 9.17) is 5.73 Å². The number of carbonyl (C=O) groups excluding carboxylic acids is 1. The molecule has 0 radical (unpaired) electrons. The lowest BCUT2D eigenvalue weighted by Crippen LogP contribution is -2.46. The maximum absolute atomic E-state index is 12.1. The quantitative estimate of drug-likeness (QED) is 0.656. The Kier molecular flexibility index (Phi) is 8.15. The van der Waals surface area contributed by atoms with Crippen molar-refractivity contribution in [2.45, 2.75) is 37.8 Å². The third-order valence-corrected chi connectivity index (χ3v) is 4.93. The van der Waals surface area contributed by atoms with E-state index in [1.165, 1.54) is 0 Å². The smallest absolute Gasteiger partial charge is 0.237 e. The van der Waals surface area contributed by atoms with Gasteiger partial charge in [-0.2, -0.15) is 0 Å². The van der Waals surface area contributed by atoms with E-state index in [-0.39, 0.29) is 30.3 Å². The second-order valence-electron chi connectivity index (χ2n) is 6.23. The molecule has 0 heterocycles. The molecule has 1 saturated carbocycles. The number of rotatable bonds is 7. The minimum Gasteiger partial charge on any atom is -0.354 e. The molecular weight excluding hydrogens is 350 g/mol. The van der Waals surface area contributed by atoms with Crippen molar-refractivity contribution in [1.82, 2.24) is 10.0 Å². The van der Waals surface area contributed by atoms with Crippen molar-refractivity contribution < 1.29 is 13.2 Å². The van der Waals surface area contributed by atoms with Crippen molar-refractivity contribution in [3.8, 4) is 0 Å². The van der Waals surface area contributed by atoms with E-state index in [1.54, 1.807) is 0 Å². The van der Waals surface area contributed by atoms with Crippen LogP contribution < -0.4 is 15.8 Å². The molecule has 4 N–H and O–H groups in total. The van der Waals surface area contributed by atoms with Gasteiger partial charge in [-0.1, -0.05) is 36.8 Å². The minimum absolute atomic E-state index is 0. The molecule has 24 heavy (non-hydrogen) atoms. The molecule has 2 rings (SSSR count). The van der Waals surface area contributed by atoms with Crippen LogP contribution in [0, 0.1) is 5.92 Å². The average Bonchev–Trinajstić information content (AvgIpc) is 2.90. The first-order chi connectivity index (χ1) is 10.8. The Labute approximate surface area is 150 Å². The monoisotopic (exact) mass is 375 g/mol. The number of carbonyl (C=O) groups is 1. The van der Waals surface area contributed by atoms with Gasteiger partial charge in [-0.25, -0.2) is 13.1 Å². The molecule has 1 fully saturated rings. The van der Waals surface area contributed by atoms with Crippen LogP contribution in [-0.2, 0) is 21.2 Å². The number of hydrogen-bond donors (Lipinski definition) is 3. The lowest BCUT2D eigenvalue weighted by Gasteiger charge is -2.21. The van der Waals surface area contributed by atoms with Crippen LogP contribution in [-0.4, -0.2) is 39.2 Å². The number of benzene rings is 1. The average molecular weight is 376 g/mol. The van der Waals surface area contributed by atoms with Gasteiger partial charge < -0.3 is 11.1 Å². The molecule has 0 bridgehead atoms. The van der Waals surface area contributed by atoms with Gasteiger partial charge in [0.2, 0.25) is 15.9 Å². The van der Waals surface area contributed by atoms with Crippen LogP contribution in [0.3, 0.4) is 0 Å². The van der Waals surface area contributed by atoms with Crippen molar-refractivity contribution in [2.24, 2.45) is 11.7 Å². The van der Waals surface area contributed by atoms with Crippen molar-refractivity contribution in [3.05, 3.63) is 35.9 Å². The third kappa shape index (κ3) is 6.76. The van der Waals surface area contributed by atoms with Gasteiger partial charge in [-0.3, -0.25) is 4.79 Å². The van der Waals surface area contributed by atoms with Crippen LogP contribution >= 0.6 is 12.4 Å². The van der Waals surface area contributed by atoms with E-state index in [1.807, 2.05) is 30.3 Å². The number of nitrogens with one attached hydrogen (secondary N) is 2. The van der Waals surface area contributed by atoms with Gasteiger partial charge >= 0.3 is 0 Å². The lowest BCUT2D eigenvalue weighted by molar-refractivity contribution is -0.122. The van der Waals surface area contributed by atoms with Gasteiger partial charge in [0.15, 0.2) is 0 Å². The standard InChI is InChI=1S/C16H25N3O3S.ClH/c1-23(21,22)19-15-9-5-8-13(15)11-18-16(20)14(17)10-12-6-3-2-4-7-12;/h2-4,6-7,13-15,19H,5,8-11,17H2,1H3,(H,18,20);1H/t13?,14-,15?;/m0./s1. The molecular formula is C16H26ClN3O3S. The fraction of sp³-hybridized carbons (Fsp3) is 0.562. The molecule has 0 spiro atoms. The molecule has 1 aliphatic carbocycles. The molecule has 8 heteroatoms. The first-order valence-corrected chi connectivity index (χ1v) is 9.79. The Bertz CT molecular complexity index is 625. The molecule has 0 aromatic heterocycles. The summed E-state index contributed by atoms with van der Waals surface area (Å²) in [5.74, 6) is -0.0727. The lowest BCUT2D eigenvalue weighted by atomic mass is 10.0. The van der Waals surface area contributed by atoms with E-state index in [0.29, 0.717) is 13.0 Å². The normalized spacial score (nSPS) is 21.8. The molecule has 0 saturated heterocycles. The number of amides is 1. The summed E-state index contributed by atoms with van der Waals surface area (Å²) in [6.45, 7) is 0.453. The number of sulfonamides is 1. The molecule has 1 aliphatic rings. The Morgan fingerprint density at radius 1 is 1.29 bits per heavy atom. The zero-order valence-corrected chi connectivity index (χ0v) is 15.4. The Morgan fingerprint density at radius 2 is 1.96 bits per heavy atom. The molecule has 136 valence electrons. The topological polar surface area (TPSA) is 101 Å². The Hall–Kier alpha value is -1.15. The summed E-state index contributed by atoms with van der Waals surface area (Å²) in [6, 6.07) is 8.94. The highest BCUT2D eigenvalue weighted by Crippen LogP contribution is 2.25. The Balaban J connectivity index is 0.00000288. The summed E-state index contributed by atoms with van der Waals surface area (Å²) in [4.78, 5) is 12.1. The highest BCUT2D eigenvalue weighted by molar-refractivity contribution is 7.88. The molecule has 1 aromatic rings. The predicted molar refractivity (Wildman–Crippen MR) is 97.5 cm³/mol. The number of nitrogens with two attached hydrogens (primary N) is 1. The summed E-state index contributed by atoms with van der Waals surface area (Å²) >= 11 is 0. The van der Waals surface area contributed by atoms with Crippen molar-refractivity contribution in [1.29, 1.82) is 0 Å². The molecule has 2 unspecified atom stereocenters. The molecule has 1 amide bonds.